The molecule has 0 aliphatic heterocycles. The van der Waals surface area contributed by atoms with E-state index < -0.39 is 0 Å². The first-order valence-electron chi connectivity index (χ1n) is 5.89. The van der Waals surface area contributed by atoms with Gasteiger partial charge in [-0.05, 0) is 30.5 Å². The molecule has 0 spiro atoms. The molecule has 5 heteroatoms. The fourth-order valence-electron chi connectivity index (χ4n) is 2.14. The number of aromatic nitrogens is 1. The Balaban J connectivity index is 1.72. The van der Waals surface area contributed by atoms with E-state index in [0.717, 1.165) is 24.4 Å². The highest BCUT2D eigenvalue weighted by molar-refractivity contribution is 7.15. The van der Waals surface area contributed by atoms with Crippen molar-refractivity contribution in [3.05, 3.63) is 45.9 Å². The van der Waals surface area contributed by atoms with Crippen molar-refractivity contribution in [1.29, 1.82) is 0 Å². The Bertz CT molecular complexity index is 563. The molecule has 0 unspecified atom stereocenters. The maximum atomic E-state index is 6.05. The van der Waals surface area contributed by atoms with Crippen LogP contribution in [-0.2, 0) is 12.1 Å². The van der Waals surface area contributed by atoms with Crippen LogP contribution in [0.4, 0.5) is 5.13 Å². The van der Waals surface area contributed by atoms with Gasteiger partial charge < -0.3 is 11.1 Å². The van der Waals surface area contributed by atoms with Crippen molar-refractivity contribution in [2.75, 3.05) is 5.73 Å². The summed E-state index contributed by atoms with van der Waals surface area (Å²) in [5.74, 6) is 0. The minimum Gasteiger partial charge on any atom is -0.375 e. The summed E-state index contributed by atoms with van der Waals surface area (Å²) in [6.45, 7) is 0.807. The largest absolute Gasteiger partial charge is 0.375 e. The zero-order valence-corrected chi connectivity index (χ0v) is 11.4. The molecule has 1 aromatic heterocycles. The molecule has 1 aromatic carbocycles. The Hall–Kier alpha value is -1.10. The van der Waals surface area contributed by atoms with Crippen LogP contribution in [0.3, 0.4) is 0 Å². The van der Waals surface area contributed by atoms with Gasteiger partial charge in [0.1, 0.15) is 0 Å². The second-order valence-electron chi connectivity index (χ2n) is 4.61. The molecule has 1 fully saturated rings. The predicted octanol–water partition coefficient (Wildman–Crippen LogP) is 3.16. The van der Waals surface area contributed by atoms with Gasteiger partial charge >= 0.3 is 0 Å². The standard InChI is InChI=1S/C13H14ClN3S/c14-10-3-1-2-9(6-10)13(4-5-13)17-8-11-7-16-12(15)18-11/h1-3,6-7,17H,4-5,8H2,(H2,15,16). The average Bonchev–Trinajstić information content (AvgIpc) is 3.04. The Kier molecular flexibility index (Phi) is 3.01. The van der Waals surface area contributed by atoms with Gasteiger partial charge in [-0.3, -0.25) is 0 Å². The summed E-state index contributed by atoms with van der Waals surface area (Å²) >= 11 is 7.58. The summed E-state index contributed by atoms with van der Waals surface area (Å²) < 4.78 is 0. The summed E-state index contributed by atoms with van der Waals surface area (Å²) in [6, 6.07) is 8.09. The molecule has 1 heterocycles. The van der Waals surface area contributed by atoms with Gasteiger partial charge in [0.15, 0.2) is 5.13 Å². The first-order valence-corrected chi connectivity index (χ1v) is 7.09. The highest BCUT2D eigenvalue weighted by Gasteiger charge is 2.43. The number of thiazole rings is 1. The Labute approximate surface area is 115 Å². The minimum atomic E-state index is 0.101. The van der Waals surface area contributed by atoms with Crippen molar-refractivity contribution in [2.24, 2.45) is 0 Å². The second kappa shape index (κ2) is 4.53. The Morgan fingerprint density at radius 3 is 2.89 bits per heavy atom. The summed E-state index contributed by atoms with van der Waals surface area (Å²) in [5.41, 5.74) is 7.00. The third-order valence-corrected chi connectivity index (χ3v) is 4.36. The Morgan fingerprint density at radius 2 is 2.28 bits per heavy atom. The van der Waals surface area contributed by atoms with E-state index in [4.69, 9.17) is 17.3 Å². The number of benzene rings is 1. The molecule has 3 rings (SSSR count). The number of hydrogen-bond donors (Lipinski definition) is 2. The number of halogens is 1. The fourth-order valence-corrected chi connectivity index (χ4v) is 2.95. The van der Waals surface area contributed by atoms with E-state index in [1.54, 1.807) is 0 Å². The van der Waals surface area contributed by atoms with Crippen LogP contribution in [0, 0.1) is 0 Å². The molecule has 0 amide bonds. The average molecular weight is 280 g/mol. The van der Waals surface area contributed by atoms with Crippen LogP contribution in [-0.4, -0.2) is 4.98 Å². The summed E-state index contributed by atoms with van der Waals surface area (Å²) in [5, 5.41) is 5.02. The third-order valence-electron chi connectivity index (χ3n) is 3.30. The lowest BCUT2D eigenvalue weighted by Gasteiger charge is -2.17. The van der Waals surface area contributed by atoms with Gasteiger partial charge in [0.05, 0.1) is 0 Å². The molecule has 0 radical (unpaired) electrons. The lowest BCUT2D eigenvalue weighted by Crippen LogP contribution is -2.27. The van der Waals surface area contributed by atoms with Gasteiger partial charge in [0.2, 0.25) is 0 Å². The van der Waals surface area contributed by atoms with Crippen molar-refractivity contribution in [3.8, 4) is 0 Å². The lowest BCUT2D eigenvalue weighted by molar-refractivity contribution is 0.522. The van der Waals surface area contributed by atoms with E-state index in [2.05, 4.69) is 16.4 Å². The van der Waals surface area contributed by atoms with Crippen molar-refractivity contribution < 1.29 is 0 Å². The van der Waals surface area contributed by atoms with Gasteiger partial charge in [-0.25, -0.2) is 4.98 Å². The van der Waals surface area contributed by atoms with Crippen LogP contribution in [0.2, 0.25) is 5.02 Å². The van der Waals surface area contributed by atoms with Crippen molar-refractivity contribution in [1.82, 2.24) is 10.3 Å². The van der Waals surface area contributed by atoms with Crippen LogP contribution in [0.1, 0.15) is 23.3 Å². The third kappa shape index (κ3) is 2.36. The molecule has 3 N–H and O–H groups in total. The van der Waals surface area contributed by atoms with E-state index in [-0.39, 0.29) is 5.54 Å². The van der Waals surface area contributed by atoms with Gasteiger partial charge in [0.25, 0.3) is 0 Å². The topological polar surface area (TPSA) is 50.9 Å². The van der Waals surface area contributed by atoms with Crippen molar-refractivity contribution >= 4 is 28.1 Å². The molecule has 18 heavy (non-hydrogen) atoms. The van der Waals surface area contributed by atoms with Crippen LogP contribution in [0.5, 0.6) is 0 Å². The van der Waals surface area contributed by atoms with Gasteiger partial charge in [0, 0.05) is 28.2 Å². The monoisotopic (exact) mass is 279 g/mol. The van der Waals surface area contributed by atoms with Gasteiger partial charge in [-0.2, -0.15) is 0 Å². The molecule has 0 bridgehead atoms. The van der Waals surface area contributed by atoms with Crippen LogP contribution in [0.15, 0.2) is 30.5 Å². The van der Waals surface area contributed by atoms with Crippen LogP contribution < -0.4 is 11.1 Å². The summed E-state index contributed by atoms with van der Waals surface area (Å²) in [6.07, 6.45) is 4.14. The quantitative estimate of drug-likeness (QED) is 0.904. The van der Waals surface area contributed by atoms with Gasteiger partial charge in [-0.1, -0.05) is 23.7 Å². The molecule has 3 nitrogen and oxygen atoms in total. The molecule has 94 valence electrons. The number of rotatable bonds is 4. The molecule has 2 aromatic rings. The molecule has 1 aliphatic carbocycles. The SMILES string of the molecule is Nc1ncc(CNC2(c3cccc(Cl)c3)CC2)s1. The van der Waals surface area contributed by atoms with E-state index in [0.29, 0.717) is 5.13 Å². The van der Waals surface area contributed by atoms with Crippen LogP contribution in [0.25, 0.3) is 0 Å². The molecular formula is C13H14ClN3S. The fraction of sp³-hybridized carbons (Fsp3) is 0.308. The highest BCUT2D eigenvalue weighted by atomic mass is 35.5. The zero-order chi connectivity index (χ0) is 12.6. The molecular weight excluding hydrogens is 266 g/mol. The first-order chi connectivity index (χ1) is 8.68. The molecule has 1 saturated carbocycles. The van der Waals surface area contributed by atoms with E-state index in [9.17, 15) is 0 Å². The van der Waals surface area contributed by atoms with E-state index in [1.165, 1.54) is 21.8 Å². The maximum absolute atomic E-state index is 6.05. The predicted molar refractivity (Wildman–Crippen MR) is 75.7 cm³/mol. The number of hydrogen-bond acceptors (Lipinski definition) is 4. The van der Waals surface area contributed by atoms with Crippen molar-refractivity contribution in [2.45, 2.75) is 24.9 Å². The lowest BCUT2D eigenvalue weighted by atomic mass is 10.1. The number of anilines is 1. The van der Waals surface area contributed by atoms with E-state index in [1.807, 2.05) is 24.4 Å². The molecule has 1 aliphatic rings. The summed E-state index contributed by atoms with van der Waals surface area (Å²) in [4.78, 5) is 5.23. The number of nitrogens with two attached hydrogens (primary N) is 1. The highest BCUT2D eigenvalue weighted by Crippen LogP contribution is 2.46. The van der Waals surface area contributed by atoms with E-state index >= 15 is 0 Å². The smallest absolute Gasteiger partial charge is 0.180 e. The second-order valence-corrected chi connectivity index (χ2v) is 6.19. The number of nitrogen functional groups attached to an aromatic ring is 1. The minimum absolute atomic E-state index is 0.101. The summed E-state index contributed by atoms with van der Waals surface area (Å²) in [7, 11) is 0. The molecule has 0 atom stereocenters. The number of nitrogens with zero attached hydrogens (tertiary/aromatic N) is 1. The first kappa shape index (κ1) is 12.0. The molecule has 0 saturated heterocycles. The maximum Gasteiger partial charge on any atom is 0.180 e. The Morgan fingerprint density at radius 1 is 1.44 bits per heavy atom. The number of nitrogens with one attached hydrogen (secondary N) is 1. The normalized spacial score (nSPS) is 16.7. The van der Waals surface area contributed by atoms with Crippen LogP contribution >= 0.6 is 22.9 Å². The van der Waals surface area contributed by atoms with Crippen molar-refractivity contribution in [3.63, 3.8) is 0 Å². The zero-order valence-electron chi connectivity index (χ0n) is 9.82. The van der Waals surface area contributed by atoms with Gasteiger partial charge in [-0.15, -0.1) is 11.3 Å².